The number of halogens is 4. The number of hydrogen-bond donors (Lipinski definition) is 1. The molecule has 5 rings (SSSR count). The van der Waals surface area contributed by atoms with Crippen molar-refractivity contribution >= 4 is 50.9 Å². The van der Waals surface area contributed by atoms with Crippen LogP contribution in [-0.4, -0.2) is 10.5 Å². The number of aromatic nitrogens is 1. The van der Waals surface area contributed by atoms with Crippen molar-refractivity contribution < 1.29 is 13.6 Å². The van der Waals surface area contributed by atoms with Gasteiger partial charge in [-0.2, -0.15) is 0 Å². The summed E-state index contributed by atoms with van der Waals surface area (Å²) in [7, 11) is 0. The zero-order valence-corrected chi connectivity index (χ0v) is 18.6. The second-order valence-electron chi connectivity index (χ2n) is 7.73. The highest BCUT2D eigenvalue weighted by atomic mass is 35.5. The van der Waals surface area contributed by atoms with Gasteiger partial charge in [-0.3, -0.25) is 4.79 Å². The number of nitrogens with two attached hydrogens (primary N) is 1. The lowest BCUT2D eigenvalue weighted by Gasteiger charge is -2.11. The Morgan fingerprint density at radius 1 is 0.848 bits per heavy atom. The highest BCUT2D eigenvalue weighted by molar-refractivity contribution is 6.39. The van der Waals surface area contributed by atoms with Gasteiger partial charge in [0.15, 0.2) is 11.6 Å². The molecule has 0 atom stereocenters. The predicted molar refractivity (Wildman–Crippen MR) is 129 cm³/mol. The number of benzene rings is 4. The fraction of sp³-hybridized carbons (Fsp3) is 0.0385. The molecular weight excluding hydrogens is 465 g/mol. The second kappa shape index (κ2) is 8.18. The molecule has 0 unspecified atom stereocenters. The number of amides is 1. The Balaban J connectivity index is 1.82. The molecule has 2 N–H and O–H groups in total. The van der Waals surface area contributed by atoms with Crippen LogP contribution in [0.5, 0.6) is 0 Å². The predicted octanol–water partition coefficient (Wildman–Crippen LogP) is 7.19. The van der Waals surface area contributed by atoms with Crippen molar-refractivity contribution in [3.05, 3.63) is 106 Å². The number of carbonyl (C=O) groups excluding carboxylic acids is 1. The van der Waals surface area contributed by atoms with E-state index in [1.54, 1.807) is 30.3 Å². The normalized spacial score (nSPS) is 11.4. The molecule has 164 valence electrons. The van der Waals surface area contributed by atoms with Crippen LogP contribution in [-0.2, 0) is 6.54 Å². The first-order chi connectivity index (χ1) is 15.8. The van der Waals surface area contributed by atoms with Crippen LogP contribution in [0.4, 0.5) is 8.78 Å². The zero-order valence-electron chi connectivity index (χ0n) is 17.1. The fourth-order valence-electron chi connectivity index (χ4n) is 4.27. The number of hydrogen-bond acceptors (Lipinski definition) is 1. The molecule has 7 heteroatoms. The summed E-state index contributed by atoms with van der Waals surface area (Å²) in [6.07, 6.45) is 0. The summed E-state index contributed by atoms with van der Waals surface area (Å²) in [5.41, 5.74) is 9.59. The molecule has 0 saturated heterocycles. The van der Waals surface area contributed by atoms with Gasteiger partial charge < -0.3 is 10.3 Å². The summed E-state index contributed by atoms with van der Waals surface area (Å²) in [5.74, 6) is -2.38. The molecule has 5 aromatic rings. The molecule has 0 bridgehead atoms. The van der Waals surface area contributed by atoms with Crippen molar-refractivity contribution in [2.75, 3.05) is 0 Å². The summed E-state index contributed by atoms with van der Waals surface area (Å²) in [5, 5.41) is 2.50. The maximum Gasteiger partial charge on any atom is 0.249 e. The monoisotopic (exact) mass is 480 g/mol. The number of rotatable bonds is 4. The highest BCUT2D eigenvalue weighted by Crippen LogP contribution is 2.39. The van der Waals surface area contributed by atoms with Crippen LogP contribution in [0.2, 0.25) is 10.0 Å². The molecule has 0 radical (unpaired) electrons. The van der Waals surface area contributed by atoms with E-state index in [9.17, 15) is 13.6 Å². The van der Waals surface area contributed by atoms with Gasteiger partial charge in [0.2, 0.25) is 5.91 Å². The molecule has 0 spiro atoms. The minimum absolute atomic E-state index is 0.249. The van der Waals surface area contributed by atoms with Crippen LogP contribution in [0.3, 0.4) is 0 Å². The molecule has 4 aromatic carbocycles. The van der Waals surface area contributed by atoms with Gasteiger partial charge in [-0.1, -0.05) is 53.5 Å². The average molecular weight is 481 g/mol. The summed E-state index contributed by atoms with van der Waals surface area (Å²) in [6.45, 7) is 0.249. The van der Waals surface area contributed by atoms with E-state index in [4.69, 9.17) is 28.9 Å². The summed E-state index contributed by atoms with van der Waals surface area (Å²) in [4.78, 5) is 12.2. The number of carbonyl (C=O) groups is 1. The average Bonchev–Trinajstić information content (AvgIpc) is 3.09. The first-order valence-corrected chi connectivity index (χ1v) is 10.8. The molecular formula is C26H16Cl2F2N2O. The lowest BCUT2D eigenvalue weighted by Crippen LogP contribution is -2.11. The molecule has 0 saturated carbocycles. The number of nitrogens with zero attached hydrogens (tertiary/aromatic N) is 1. The Labute approximate surface area is 197 Å². The third-order valence-corrected chi connectivity index (χ3v) is 6.36. The standard InChI is InChI=1S/C26H16Cl2F2N2O/c27-18-4-2-5-19(28)24(18)15-8-9-16-23(12-15)32(13-14-7-10-20(29)21(30)11-14)22-6-1-3-17(25(16)22)26(31)33/h1-12H,13H2,(H2,31,33). The Morgan fingerprint density at radius 3 is 2.27 bits per heavy atom. The van der Waals surface area contributed by atoms with E-state index in [-0.39, 0.29) is 6.54 Å². The van der Waals surface area contributed by atoms with E-state index in [1.165, 1.54) is 12.1 Å². The van der Waals surface area contributed by atoms with E-state index in [0.717, 1.165) is 28.0 Å². The van der Waals surface area contributed by atoms with Crippen LogP contribution in [0.1, 0.15) is 15.9 Å². The van der Waals surface area contributed by atoms with Crippen LogP contribution >= 0.6 is 23.2 Å². The molecule has 0 aliphatic rings. The fourth-order valence-corrected chi connectivity index (χ4v) is 4.89. The zero-order chi connectivity index (χ0) is 23.3. The van der Waals surface area contributed by atoms with Gasteiger partial charge >= 0.3 is 0 Å². The smallest absolute Gasteiger partial charge is 0.249 e. The number of primary amides is 1. The van der Waals surface area contributed by atoms with Crippen LogP contribution in [0.25, 0.3) is 32.9 Å². The first-order valence-electron chi connectivity index (χ1n) is 10.1. The maximum absolute atomic E-state index is 13.9. The quantitative estimate of drug-likeness (QED) is 0.290. The first kappa shape index (κ1) is 21.4. The summed E-state index contributed by atoms with van der Waals surface area (Å²) >= 11 is 12.9. The Kier molecular flexibility index (Phi) is 5.31. The molecule has 1 amide bonds. The van der Waals surface area contributed by atoms with Gasteiger partial charge in [-0.15, -0.1) is 0 Å². The van der Waals surface area contributed by atoms with Crippen LogP contribution in [0, 0.1) is 11.6 Å². The molecule has 1 aromatic heterocycles. The SMILES string of the molecule is NC(=O)c1cccc2c1c1ccc(-c3c(Cl)cccc3Cl)cc1n2Cc1ccc(F)c(F)c1. The van der Waals surface area contributed by atoms with Gasteiger partial charge in [0.25, 0.3) is 0 Å². The van der Waals surface area contributed by atoms with E-state index in [2.05, 4.69) is 0 Å². The van der Waals surface area contributed by atoms with Crippen molar-refractivity contribution in [1.82, 2.24) is 4.57 Å². The van der Waals surface area contributed by atoms with E-state index in [1.807, 2.05) is 28.8 Å². The van der Waals surface area contributed by atoms with Crippen LogP contribution in [0.15, 0.2) is 72.8 Å². The maximum atomic E-state index is 13.9. The highest BCUT2D eigenvalue weighted by Gasteiger charge is 2.19. The topological polar surface area (TPSA) is 48.0 Å². The summed E-state index contributed by atoms with van der Waals surface area (Å²) in [6, 6.07) is 20.1. The van der Waals surface area contributed by atoms with Gasteiger partial charge in [0, 0.05) is 38.5 Å². The molecule has 0 aliphatic carbocycles. The minimum atomic E-state index is -0.922. The van der Waals surface area contributed by atoms with E-state index in [0.29, 0.717) is 32.1 Å². The molecule has 0 fully saturated rings. The van der Waals surface area contributed by atoms with Crippen LogP contribution < -0.4 is 5.73 Å². The van der Waals surface area contributed by atoms with Gasteiger partial charge in [-0.25, -0.2) is 8.78 Å². The summed E-state index contributed by atoms with van der Waals surface area (Å²) < 4.78 is 29.3. The third-order valence-electron chi connectivity index (χ3n) is 5.73. The van der Waals surface area contributed by atoms with E-state index >= 15 is 0 Å². The minimum Gasteiger partial charge on any atom is -0.366 e. The van der Waals surface area contributed by atoms with Gasteiger partial charge in [-0.05, 0) is 53.6 Å². The Morgan fingerprint density at radius 2 is 1.58 bits per heavy atom. The Bertz CT molecular complexity index is 1560. The largest absolute Gasteiger partial charge is 0.366 e. The third kappa shape index (κ3) is 3.63. The van der Waals surface area contributed by atoms with Crippen molar-refractivity contribution in [2.45, 2.75) is 6.54 Å². The molecule has 33 heavy (non-hydrogen) atoms. The van der Waals surface area contributed by atoms with Crippen molar-refractivity contribution in [3.8, 4) is 11.1 Å². The van der Waals surface area contributed by atoms with Crippen molar-refractivity contribution in [1.29, 1.82) is 0 Å². The van der Waals surface area contributed by atoms with Crippen molar-refractivity contribution in [3.63, 3.8) is 0 Å². The van der Waals surface area contributed by atoms with Crippen molar-refractivity contribution in [2.24, 2.45) is 5.73 Å². The number of fused-ring (bicyclic) bond motifs is 3. The lowest BCUT2D eigenvalue weighted by molar-refractivity contribution is 0.100. The second-order valence-corrected chi connectivity index (χ2v) is 8.54. The lowest BCUT2D eigenvalue weighted by atomic mass is 10.0. The molecule has 0 aliphatic heterocycles. The Hall–Kier alpha value is -3.41. The molecule has 3 nitrogen and oxygen atoms in total. The van der Waals surface area contributed by atoms with E-state index < -0.39 is 17.5 Å². The van der Waals surface area contributed by atoms with Gasteiger partial charge in [0.1, 0.15) is 0 Å². The van der Waals surface area contributed by atoms with Gasteiger partial charge in [0.05, 0.1) is 11.0 Å². The molecule has 1 heterocycles.